The second-order valence-corrected chi connectivity index (χ2v) is 8.96. The number of benzene rings is 1. The van der Waals surface area contributed by atoms with E-state index in [1.807, 2.05) is 33.8 Å². The summed E-state index contributed by atoms with van der Waals surface area (Å²) < 4.78 is 12.8. The zero-order valence-electron chi connectivity index (χ0n) is 18.7. The normalized spacial score (nSPS) is 17.1. The van der Waals surface area contributed by atoms with Crippen LogP contribution in [0.1, 0.15) is 81.2 Å². The van der Waals surface area contributed by atoms with Gasteiger partial charge >= 0.3 is 0 Å². The maximum atomic E-state index is 13.4. The molecule has 1 aromatic heterocycles. The molecule has 2 heterocycles. The molecule has 0 bridgehead atoms. The Morgan fingerprint density at radius 2 is 1.83 bits per heavy atom. The third-order valence-corrected chi connectivity index (χ3v) is 5.49. The van der Waals surface area contributed by atoms with Crippen molar-refractivity contribution in [3.63, 3.8) is 0 Å². The van der Waals surface area contributed by atoms with E-state index in [1.165, 1.54) is 0 Å². The number of likely N-dealkylation sites (tertiary alicyclic amines) is 1. The minimum Gasteiger partial charge on any atom is -0.493 e. The lowest BCUT2D eigenvalue weighted by Crippen LogP contribution is -2.31. The van der Waals surface area contributed by atoms with Crippen LogP contribution in [0.5, 0.6) is 11.5 Å². The van der Waals surface area contributed by atoms with Gasteiger partial charge in [0.25, 0.3) is 5.91 Å². The summed E-state index contributed by atoms with van der Waals surface area (Å²) in [5.41, 5.74) is 2.50. The van der Waals surface area contributed by atoms with Crippen molar-refractivity contribution < 1.29 is 14.3 Å². The Bertz CT molecular complexity index is 880. The second kappa shape index (κ2) is 8.09. The molecule has 0 saturated carbocycles. The van der Waals surface area contributed by atoms with Gasteiger partial charge in [0.2, 0.25) is 0 Å². The van der Waals surface area contributed by atoms with Crippen molar-refractivity contribution in [2.75, 3.05) is 20.8 Å². The van der Waals surface area contributed by atoms with Crippen LogP contribution in [0.2, 0.25) is 0 Å². The summed E-state index contributed by atoms with van der Waals surface area (Å²) in [4.78, 5) is 15.4. The van der Waals surface area contributed by atoms with Crippen LogP contribution in [0, 0.1) is 0 Å². The predicted octanol–water partition coefficient (Wildman–Crippen LogP) is 4.76. The third-order valence-electron chi connectivity index (χ3n) is 5.49. The van der Waals surface area contributed by atoms with Gasteiger partial charge in [-0.3, -0.25) is 9.48 Å². The van der Waals surface area contributed by atoms with Gasteiger partial charge in [0.15, 0.2) is 17.2 Å². The lowest BCUT2D eigenvalue weighted by atomic mass is 10.0. The Morgan fingerprint density at radius 3 is 2.38 bits per heavy atom. The van der Waals surface area contributed by atoms with E-state index in [0.717, 1.165) is 30.6 Å². The number of carbonyl (C=O) groups is 1. The molecule has 1 aromatic carbocycles. The van der Waals surface area contributed by atoms with Crippen molar-refractivity contribution in [2.45, 2.75) is 65.0 Å². The molecule has 0 spiro atoms. The van der Waals surface area contributed by atoms with Crippen LogP contribution < -0.4 is 9.47 Å². The number of rotatable bonds is 5. The van der Waals surface area contributed by atoms with E-state index in [0.29, 0.717) is 23.1 Å². The maximum absolute atomic E-state index is 13.4. The number of amides is 1. The predicted molar refractivity (Wildman–Crippen MR) is 114 cm³/mol. The van der Waals surface area contributed by atoms with Gasteiger partial charge in [-0.2, -0.15) is 5.10 Å². The fourth-order valence-electron chi connectivity index (χ4n) is 4.01. The fraction of sp³-hybridized carbons (Fsp3) is 0.565. The first-order chi connectivity index (χ1) is 13.7. The summed E-state index contributed by atoms with van der Waals surface area (Å²) >= 11 is 0. The number of hydrogen-bond acceptors (Lipinski definition) is 4. The van der Waals surface area contributed by atoms with Crippen molar-refractivity contribution in [3.05, 3.63) is 41.2 Å². The molecule has 0 aliphatic carbocycles. The van der Waals surface area contributed by atoms with E-state index >= 15 is 0 Å². The van der Waals surface area contributed by atoms with Crippen molar-refractivity contribution >= 4 is 5.91 Å². The molecule has 158 valence electrons. The first-order valence-corrected chi connectivity index (χ1v) is 10.3. The first kappa shape index (κ1) is 21.2. The molecule has 29 heavy (non-hydrogen) atoms. The van der Waals surface area contributed by atoms with Crippen molar-refractivity contribution in [1.29, 1.82) is 0 Å². The van der Waals surface area contributed by atoms with E-state index in [-0.39, 0.29) is 17.5 Å². The first-order valence-electron chi connectivity index (χ1n) is 10.3. The van der Waals surface area contributed by atoms with Crippen LogP contribution in [0.4, 0.5) is 0 Å². The van der Waals surface area contributed by atoms with Crippen molar-refractivity contribution in [1.82, 2.24) is 14.7 Å². The Hall–Kier alpha value is -2.50. The summed E-state index contributed by atoms with van der Waals surface area (Å²) in [5, 5.41) is 4.72. The van der Waals surface area contributed by atoms with Gasteiger partial charge in [-0.1, -0.05) is 19.9 Å². The molecule has 1 atom stereocenters. The number of ether oxygens (including phenoxy) is 2. The molecule has 0 N–H and O–H groups in total. The summed E-state index contributed by atoms with van der Waals surface area (Å²) in [5.74, 6) is 1.66. The molecule has 1 amide bonds. The highest BCUT2D eigenvalue weighted by atomic mass is 16.5. The molecule has 2 aromatic rings. The Morgan fingerprint density at radius 1 is 1.14 bits per heavy atom. The molecule has 1 fully saturated rings. The number of methoxy groups -OCH3 is 2. The Kier molecular flexibility index (Phi) is 5.92. The van der Waals surface area contributed by atoms with Gasteiger partial charge in [0.1, 0.15) is 0 Å². The Balaban J connectivity index is 1.93. The van der Waals surface area contributed by atoms with Gasteiger partial charge in [-0.25, -0.2) is 0 Å². The molecular formula is C23H33N3O3. The molecule has 0 radical (unpaired) electrons. The molecular weight excluding hydrogens is 366 g/mol. The lowest BCUT2D eigenvalue weighted by Gasteiger charge is -2.25. The van der Waals surface area contributed by atoms with E-state index in [4.69, 9.17) is 14.6 Å². The summed E-state index contributed by atoms with van der Waals surface area (Å²) in [6.07, 6.45) is 1.90. The number of hydrogen-bond donors (Lipinski definition) is 0. The van der Waals surface area contributed by atoms with E-state index in [1.54, 1.807) is 14.2 Å². The molecule has 6 nitrogen and oxygen atoms in total. The number of carbonyl (C=O) groups excluding carboxylic acids is 1. The van der Waals surface area contributed by atoms with Crippen LogP contribution >= 0.6 is 0 Å². The van der Waals surface area contributed by atoms with Crippen LogP contribution in [0.25, 0.3) is 0 Å². The third kappa shape index (κ3) is 4.11. The largest absolute Gasteiger partial charge is 0.493 e. The standard InChI is InChI=1S/C23H33N3O3/c1-15(2)19-14-17(24-26(19)23(3,4)5)22(27)25-12-8-9-18(25)16-10-11-20(28-6)21(13-16)29-7/h10-11,13-15,18H,8-9,12H2,1-7H3. The van der Waals surface area contributed by atoms with Crippen LogP contribution in [0.15, 0.2) is 24.3 Å². The van der Waals surface area contributed by atoms with Gasteiger partial charge < -0.3 is 14.4 Å². The van der Waals surface area contributed by atoms with Crippen molar-refractivity contribution in [2.24, 2.45) is 0 Å². The highest BCUT2D eigenvalue weighted by Gasteiger charge is 2.33. The smallest absolute Gasteiger partial charge is 0.274 e. The molecule has 3 rings (SSSR count). The molecule has 1 saturated heterocycles. The summed E-state index contributed by atoms with van der Waals surface area (Å²) in [6.45, 7) is 11.3. The average Bonchev–Trinajstić information content (AvgIpc) is 3.34. The quantitative estimate of drug-likeness (QED) is 0.728. The topological polar surface area (TPSA) is 56.6 Å². The molecule has 1 aliphatic heterocycles. The lowest BCUT2D eigenvalue weighted by molar-refractivity contribution is 0.0727. The Labute approximate surface area is 173 Å². The summed E-state index contributed by atoms with van der Waals surface area (Å²) in [7, 11) is 3.26. The molecule has 1 unspecified atom stereocenters. The maximum Gasteiger partial charge on any atom is 0.274 e. The highest BCUT2D eigenvalue weighted by Crippen LogP contribution is 2.37. The average molecular weight is 400 g/mol. The zero-order chi connectivity index (χ0) is 21.3. The minimum atomic E-state index is -0.175. The SMILES string of the molecule is COc1ccc(C2CCCN2C(=O)c2cc(C(C)C)n(C(C)(C)C)n2)cc1OC. The number of nitrogens with zero attached hydrogens (tertiary/aromatic N) is 3. The van der Waals surface area contributed by atoms with Gasteiger partial charge in [0, 0.05) is 12.2 Å². The van der Waals surface area contributed by atoms with Crippen molar-refractivity contribution in [3.8, 4) is 11.5 Å². The van der Waals surface area contributed by atoms with E-state index < -0.39 is 0 Å². The monoisotopic (exact) mass is 399 g/mol. The second-order valence-electron chi connectivity index (χ2n) is 8.96. The molecule has 1 aliphatic rings. The van der Waals surface area contributed by atoms with E-state index in [2.05, 4.69) is 34.6 Å². The number of aromatic nitrogens is 2. The minimum absolute atomic E-state index is 0.00724. The van der Waals surface area contributed by atoms with Crippen LogP contribution in [-0.2, 0) is 5.54 Å². The fourth-order valence-corrected chi connectivity index (χ4v) is 4.01. The van der Waals surface area contributed by atoms with Gasteiger partial charge in [0.05, 0.1) is 25.8 Å². The molecule has 6 heteroatoms. The highest BCUT2D eigenvalue weighted by molar-refractivity contribution is 5.93. The zero-order valence-corrected chi connectivity index (χ0v) is 18.7. The van der Waals surface area contributed by atoms with Gasteiger partial charge in [-0.15, -0.1) is 0 Å². The summed E-state index contributed by atoms with van der Waals surface area (Å²) in [6, 6.07) is 7.88. The van der Waals surface area contributed by atoms with Crippen LogP contribution in [0.3, 0.4) is 0 Å². The van der Waals surface area contributed by atoms with E-state index in [9.17, 15) is 4.79 Å². The van der Waals surface area contributed by atoms with Gasteiger partial charge in [-0.05, 0) is 63.3 Å². The van der Waals surface area contributed by atoms with Crippen LogP contribution in [-0.4, -0.2) is 41.4 Å².